The van der Waals surface area contributed by atoms with Crippen LogP contribution in [-0.2, 0) is 16.1 Å². The Bertz CT molecular complexity index is 543. The van der Waals surface area contributed by atoms with Gasteiger partial charge < -0.3 is 14.7 Å². The van der Waals surface area contributed by atoms with Crippen molar-refractivity contribution in [1.82, 2.24) is 4.90 Å². The van der Waals surface area contributed by atoms with Crippen molar-refractivity contribution < 1.29 is 19.4 Å². The predicted molar refractivity (Wildman–Crippen MR) is 82.6 cm³/mol. The lowest BCUT2D eigenvalue weighted by Gasteiger charge is -2.29. The van der Waals surface area contributed by atoms with Crippen LogP contribution in [0.3, 0.4) is 0 Å². The van der Waals surface area contributed by atoms with Crippen LogP contribution in [0.25, 0.3) is 0 Å². The van der Waals surface area contributed by atoms with Crippen molar-refractivity contribution >= 4 is 11.9 Å². The monoisotopic (exact) mass is 305 g/mol. The first-order chi connectivity index (χ1) is 10.5. The summed E-state index contributed by atoms with van der Waals surface area (Å²) in [6, 6.07) is 7.62. The standard InChI is InChI=1S/C17H23NO4/c1-18(11-12-5-3-8-15(9-12)22-2)16(19)13-6-4-7-14(10-13)17(20)21/h3,5,8-9,13-14H,4,6-7,10-11H2,1-2H3,(H,20,21). The molecule has 1 aliphatic rings. The van der Waals surface area contributed by atoms with E-state index in [1.807, 2.05) is 24.3 Å². The lowest BCUT2D eigenvalue weighted by molar-refractivity contribution is -0.145. The van der Waals surface area contributed by atoms with Gasteiger partial charge in [-0.05, 0) is 37.0 Å². The summed E-state index contributed by atoms with van der Waals surface area (Å²) in [5.41, 5.74) is 1.00. The van der Waals surface area contributed by atoms with Gasteiger partial charge in [0.25, 0.3) is 0 Å². The number of ether oxygens (including phenoxy) is 1. The molecule has 1 fully saturated rings. The van der Waals surface area contributed by atoms with Gasteiger partial charge in [-0.1, -0.05) is 18.6 Å². The molecule has 1 aromatic carbocycles. The van der Waals surface area contributed by atoms with E-state index in [9.17, 15) is 9.59 Å². The van der Waals surface area contributed by atoms with Crippen LogP contribution in [0.5, 0.6) is 5.75 Å². The number of nitrogens with zero attached hydrogens (tertiary/aromatic N) is 1. The molecule has 0 heterocycles. The maximum absolute atomic E-state index is 12.5. The second-order valence-corrected chi connectivity index (χ2v) is 5.94. The van der Waals surface area contributed by atoms with E-state index in [4.69, 9.17) is 9.84 Å². The van der Waals surface area contributed by atoms with Gasteiger partial charge in [0.15, 0.2) is 0 Å². The van der Waals surface area contributed by atoms with Gasteiger partial charge in [-0.3, -0.25) is 9.59 Å². The number of rotatable bonds is 5. The maximum atomic E-state index is 12.5. The second kappa shape index (κ2) is 7.29. The zero-order valence-corrected chi connectivity index (χ0v) is 13.1. The van der Waals surface area contributed by atoms with Crippen LogP contribution in [0.1, 0.15) is 31.2 Å². The Morgan fingerprint density at radius 1 is 1.32 bits per heavy atom. The predicted octanol–water partition coefficient (Wildman–Crippen LogP) is 2.54. The van der Waals surface area contributed by atoms with Crippen molar-refractivity contribution in [3.63, 3.8) is 0 Å². The Balaban J connectivity index is 1.97. The molecule has 1 aromatic rings. The fourth-order valence-corrected chi connectivity index (χ4v) is 3.07. The molecule has 5 heteroatoms. The molecule has 1 N–H and O–H groups in total. The van der Waals surface area contributed by atoms with Crippen molar-refractivity contribution in [3.8, 4) is 5.75 Å². The van der Waals surface area contributed by atoms with Crippen LogP contribution in [0.4, 0.5) is 0 Å². The highest BCUT2D eigenvalue weighted by molar-refractivity contribution is 5.80. The quantitative estimate of drug-likeness (QED) is 0.908. The summed E-state index contributed by atoms with van der Waals surface area (Å²) in [5, 5.41) is 9.13. The SMILES string of the molecule is COc1cccc(CN(C)C(=O)C2CCCC(C(=O)O)C2)c1. The Hall–Kier alpha value is -2.04. The molecule has 0 bridgehead atoms. The molecule has 22 heavy (non-hydrogen) atoms. The zero-order chi connectivity index (χ0) is 16.1. The van der Waals surface area contributed by atoms with E-state index in [2.05, 4.69) is 0 Å². The number of methoxy groups -OCH3 is 1. The molecule has 0 aromatic heterocycles. The number of benzene rings is 1. The molecule has 0 spiro atoms. The van der Waals surface area contributed by atoms with Gasteiger partial charge in [0.05, 0.1) is 13.0 Å². The van der Waals surface area contributed by atoms with Crippen molar-refractivity contribution in [2.24, 2.45) is 11.8 Å². The molecular weight excluding hydrogens is 282 g/mol. The third-order valence-corrected chi connectivity index (χ3v) is 4.30. The number of carbonyl (C=O) groups excluding carboxylic acids is 1. The van der Waals surface area contributed by atoms with Crippen molar-refractivity contribution in [2.45, 2.75) is 32.2 Å². The first-order valence-electron chi connectivity index (χ1n) is 7.62. The molecule has 2 unspecified atom stereocenters. The van der Waals surface area contributed by atoms with E-state index < -0.39 is 5.97 Å². The van der Waals surface area contributed by atoms with Gasteiger partial charge >= 0.3 is 5.97 Å². The minimum Gasteiger partial charge on any atom is -0.497 e. The average molecular weight is 305 g/mol. The minimum atomic E-state index is -0.784. The molecule has 2 rings (SSSR count). The molecule has 0 aliphatic heterocycles. The Morgan fingerprint density at radius 2 is 2.05 bits per heavy atom. The van der Waals surface area contributed by atoms with Gasteiger partial charge in [0, 0.05) is 19.5 Å². The Morgan fingerprint density at radius 3 is 2.73 bits per heavy atom. The highest BCUT2D eigenvalue weighted by Crippen LogP contribution is 2.30. The zero-order valence-electron chi connectivity index (χ0n) is 13.1. The number of amides is 1. The highest BCUT2D eigenvalue weighted by Gasteiger charge is 2.32. The molecule has 5 nitrogen and oxygen atoms in total. The van der Waals surface area contributed by atoms with E-state index in [-0.39, 0.29) is 17.7 Å². The summed E-state index contributed by atoms with van der Waals surface area (Å²) >= 11 is 0. The smallest absolute Gasteiger partial charge is 0.306 e. The third-order valence-electron chi connectivity index (χ3n) is 4.30. The number of aliphatic carboxylic acids is 1. The van der Waals surface area contributed by atoms with Gasteiger partial charge in [-0.2, -0.15) is 0 Å². The first-order valence-corrected chi connectivity index (χ1v) is 7.62. The largest absolute Gasteiger partial charge is 0.497 e. The number of carboxylic acid groups (broad SMARTS) is 1. The maximum Gasteiger partial charge on any atom is 0.306 e. The van der Waals surface area contributed by atoms with Crippen LogP contribution >= 0.6 is 0 Å². The topological polar surface area (TPSA) is 66.8 Å². The van der Waals surface area contributed by atoms with Crippen LogP contribution in [0.2, 0.25) is 0 Å². The fraction of sp³-hybridized carbons (Fsp3) is 0.529. The van der Waals surface area contributed by atoms with Crippen LogP contribution in [0.15, 0.2) is 24.3 Å². The van der Waals surface area contributed by atoms with Crippen LogP contribution < -0.4 is 4.74 Å². The van der Waals surface area contributed by atoms with E-state index in [0.29, 0.717) is 19.4 Å². The lowest BCUT2D eigenvalue weighted by atomic mass is 9.81. The number of carbonyl (C=O) groups is 2. The summed E-state index contributed by atoms with van der Waals surface area (Å²) in [4.78, 5) is 25.3. The molecule has 0 radical (unpaired) electrons. The summed E-state index contributed by atoms with van der Waals surface area (Å²) in [6.07, 6.45) is 2.72. The van der Waals surface area contributed by atoms with Gasteiger partial charge in [0.2, 0.25) is 5.91 Å². The van der Waals surface area contributed by atoms with Crippen molar-refractivity contribution in [1.29, 1.82) is 0 Å². The lowest BCUT2D eigenvalue weighted by Crippen LogP contribution is -2.36. The summed E-state index contributed by atoms with van der Waals surface area (Å²) in [6.45, 7) is 0.504. The van der Waals surface area contributed by atoms with Gasteiger partial charge in [-0.25, -0.2) is 0 Å². The van der Waals surface area contributed by atoms with E-state index in [0.717, 1.165) is 24.2 Å². The molecule has 120 valence electrons. The normalized spacial score (nSPS) is 21.2. The molecule has 0 saturated heterocycles. The summed E-state index contributed by atoms with van der Waals surface area (Å²) < 4.78 is 5.18. The molecule has 1 saturated carbocycles. The summed E-state index contributed by atoms with van der Waals surface area (Å²) in [7, 11) is 3.38. The number of hydrogen-bond donors (Lipinski definition) is 1. The van der Waals surface area contributed by atoms with E-state index in [1.165, 1.54) is 0 Å². The molecule has 1 amide bonds. The van der Waals surface area contributed by atoms with Crippen LogP contribution in [-0.4, -0.2) is 36.0 Å². The number of hydrogen-bond acceptors (Lipinski definition) is 3. The van der Waals surface area contributed by atoms with Crippen molar-refractivity contribution in [3.05, 3.63) is 29.8 Å². The van der Waals surface area contributed by atoms with Gasteiger partial charge in [0.1, 0.15) is 5.75 Å². The Labute approximate surface area is 130 Å². The highest BCUT2D eigenvalue weighted by atomic mass is 16.5. The fourth-order valence-electron chi connectivity index (χ4n) is 3.07. The van der Waals surface area contributed by atoms with E-state index >= 15 is 0 Å². The van der Waals surface area contributed by atoms with E-state index in [1.54, 1.807) is 19.1 Å². The minimum absolute atomic E-state index is 0.0359. The molecule has 2 atom stereocenters. The third kappa shape index (κ3) is 4.00. The Kier molecular flexibility index (Phi) is 5.41. The van der Waals surface area contributed by atoms with Crippen molar-refractivity contribution in [2.75, 3.05) is 14.2 Å². The molecular formula is C17H23NO4. The summed E-state index contributed by atoms with van der Waals surface area (Å²) in [5.74, 6) is -0.540. The second-order valence-electron chi connectivity index (χ2n) is 5.94. The average Bonchev–Trinajstić information content (AvgIpc) is 2.54. The first kappa shape index (κ1) is 16.3. The van der Waals surface area contributed by atoms with Gasteiger partial charge in [-0.15, -0.1) is 0 Å². The van der Waals surface area contributed by atoms with Crippen LogP contribution in [0, 0.1) is 11.8 Å². The molecule has 1 aliphatic carbocycles. The number of carboxylic acids is 1.